The van der Waals surface area contributed by atoms with E-state index in [0.717, 1.165) is 17.2 Å². The molecule has 0 spiro atoms. The van der Waals surface area contributed by atoms with E-state index in [0.29, 0.717) is 11.3 Å². The van der Waals surface area contributed by atoms with Gasteiger partial charge in [0, 0.05) is 5.69 Å². The molecular weight excluding hydrogens is 321 g/mol. The second kappa shape index (κ2) is 7.24. The van der Waals surface area contributed by atoms with Crippen molar-refractivity contribution in [2.45, 2.75) is 13.8 Å². The van der Waals surface area contributed by atoms with Gasteiger partial charge in [-0.1, -0.05) is 29.3 Å². The average Bonchev–Trinajstić information content (AvgIpc) is 2.51. The number of rotatable bonds is 4. The Kier molecular flexibility index (Phi) is 5.34. The second-order valence-corrected chi connectivity index (χ2v) is 5.48. The normalized spacial score (nSPS) is 10.3. The number of nitrogens with one attached hydrogen (secondary N) is 1. The number of esters is 1. The molecule has 0 unspecified atom stereocenters. The summed E-state index contributed by atoms with van der Waals surface area (Å²) in [6.45, 7) is 3.21. The zero-order valence-corrected chi connectivity index (χ0v) is 13.4. The quantitative estimate of drug-likeness (QED) is 0.862. The Morgan fingerprint density at radius 2 is 1.91 bits per heavy atom. The van der Waals surface area contributed by atoms with Gasteiger partial charge in [-0.25, -0.2) is 9.18 Å². The van der Waals surface area contributed by atoms with Crippen molar-refractivity contribution in [3.05, 3.63) is 63.9 Å². The van der Waals surface area contributed by atoms with Gasteiger partial charge in [0.1, 0.15) is 5.82 Å². The fraction of sp³-hybridized carbons (Fsp3) is 0.176. The maximum atomic E-state index is 13.0. The number of ether oxygens (including phenoxy) is 1. The maximum Gasteiger partial charge on any atom is 0.338 e. The molecule has 0 saturated heterocycles. The SMILES string of the molecule is Cc1ccc(C)c(C(=O)OCC(=O)Nc2ccc(F)c(Cl)c2)c1. The van der Waals surface area contributed by atoms with E-state index in [-0.39, 0.29) is 5.02 Å². The van der Waals surface area contributed by atoms with Crippen molar-refractivity contribution in [1.29, 1.82) is 0 Å². The molecule has 2 aromatic carbocycles. The van der Waals surface area contributed by atoms with Crippen LogP contribution < -0.4 is 5.32 Å². The molecule has 4 nitrogen and oxygen atoms in total. The molecule has 0 heterocycles. The highest BCUT2D eigenvalue weighted by Crippen LogP contribution is 2.19. The molecule has 2 rings (SSSR count). The zero-order chi connectivity index (χ0) is 17.0. The van der Waals surface area contributed by atoms with Crippen LogP contribution in [-0.2, 0) is 9.53 Å². The van der Waals surface area contributed by atoms with Gasteiger partial charge in [0.15, 0.2) is 6.61 Å². The van der Waals surface area contributed by atoms with E-state index < -0.39 is 24.3 Å². The average molecular weight is 336 g/mol. The monoisotopic (exact) mass is 335 g/mol. The van der Waals surface area contributed by atoms with Crippen LogP contribution in [0.25, 0.3) is 0 Å². The Morgan fingerprint density at radius 1 is 1.17 bits per heavy atom. The molecule has 1 N–H and O–H groups in total. The molecule has 0 radical (unpaired) electrons. The largest absolute Gasteiger partial charge is 0.452 e. The molecular formula is C17H15ClFNO3. The minimum absolute atomic E-state index is 0.102. The predicted molar refractivity (Wildman–Crippen MR) is 86.2 cm³/mol. The van der Waals surface area contributed by atoms with E-state index >= 15 is 0 Å². The van der Waals surface area contributed by atoms with Gasteiger partial charge < -0.3 is 10.1 Å². The van der Waals surface area contributed by atoms with Gasteiger partial charge in [0.05, 0.1) is 10.6 Å². The second-order valence-electron chi connectivity index (χ2n) is 5.07. The standard InChI is InChI=1S/C17H15ClFNO3/c1-10-3-4-11(2)13(7-10)17(22)23-9-16(21)20-12-5-6-15(19)14(18)8-12/h3-8H,9H2,1-2H3,(H,20,21). The number of carbonyl (C=O) groups is 2. The topological polar surface area (TPSA) is 55.4 Å². The van der Waals surface area contributed by atoms with Crippen LogP contribution in [0.5, 0.6) is 0 Å². The van der Waals surface area contributed by atoms with Gasteiger partial charge in [0.2, 0.25) is 0 Å². The molecule has 0 aliphatic rings. The number of halogens is 2. The molecule has 120 valence electrons. The third-order valence-corrected chi connectivity index (χ3v) is 3.44. The van der Waals surface area contributed by atoms with Crippen molar-refractivity contribution in [3.63, 3.8) is 0 Å². The van der Waals surface area contributed by atoms with Gasteiger partial charge in [-0.05, 0) is 43.7 Å². The summed E-state index contributed by atoms with van der Waals surface area (Å²) < 4.78 is 18.0. The molecule has 23 heavy (non-hydrogen) atoms. The van der Waals surface area contributed by atoms with Crippen LogP contribution in [0.1, 0.15) is 21.5 Å². The van der Waals surface area contributed by atoms with Gasteiger partial charge in [-0.3, -0.25) is 4.79 Å². The molecule has 6 heteroatoms. The van der Waals surface area contributed by atoms with Crippen LogP contribution in [-0.4, -0.2) is 18.5 Å². The third kappa shape index (κ3) is 4.53. The first kappa shape index (κ1) is 17.0. The first-order valence-electron chi connectivity index (χ1n) is 6.86. The summed E-state index contributed by atoms with van der Waals surface area (Å²) in [6, 6.07) is 9.19. The lowest BCUT2D eigenvalue weighted by atomic mass is 10.1. The molecule has 0 fully saturated rings. The molecule has 0 bridgehead atoms. The lowest BCUT2D eigenvalue weighted by molar-refractivity contribution is -0.119. The van der Waals surface area contributed by atoms with E-state index in [4.69, 9.17) is 16.3 Å². The first-order valence-corrected chi connectivity index (χ1v) is 7.24. The highest BCUT2D eigenvalue weighted by Gasteiger charge is 2.13. The number of aryl methyl sites for hydroxylation is 2. The Hall–Kier alpha value is -2.40. The molecule has 0 atom stereocenters. The first-order chi connectivity index (χ1) is 10.9. The molecule has 0 aromatic heterocycles. The van der Waals surface area contributed by atoms with E-state index in [9.17, 15) is 14.0 Å². The van der Waals surface area contributed by atoms with E-state index in [2.05, 4.69) is 5.32 Å². The van der Waals surface area contributed by atoms with E-state index in [1.54, 1.807) is 13.0 Å². The van der Waals surface area contributed by atoms with Crippen LogP contribution in [0.3, 0.4) is 0 Å². The van der Waals surface area contributed by atoms with Gasteiger partial charge >= 0.3 is 5.97 Å². The number of carbonyl (C=O) groups excluding carboxylic acids is 2. The molecule has 0 aliphatic carbocycles. The Labute approximate surface area is 138 Å². The lowest BCUT2D eigenvalue weighted by Gasteiger charge is -2.09. The third-order valence-electron chi connectivity index (χ3n) is 3.15. The summed E-state index contributed by atoms with van der Waals surface area (Å²) in [5, 5.41) is 2.37. The highest BCUT2D eigenvalue weighted by atomic mass is 35.5. The van der Waals surface area contributed by atoms with Crippen molar-refractivity contribution in [3.8, 4) is 0 Å². The van der Waals surface area contributed by atoms with Crippen molar-refractivity contribution >= 4 is 29.2 Å². The van der Waals surface area contributed by atoms with Crippen LogP contribution in [0.15, 0.2) is 36.4 Å². The Bertz CT molecular complexity index is 761. The predicted octanol–water partition coefficient (Wildman–Crippen LogP) is 3.89. The summed E-state index contributed by atoms with van der Waals surface area (Å²) in [7, 11) is 0. The van der Waals surface area contributed by atoms with Crippen LogP contribution in [0, 0.1) is 19.7 Å². The van der Waals surface area contributed by atoms with Crippen molar-refractivity contribution in [2.24, 2.45) is 0 Å². The Balaban J connectivity index is 1.94. The van der Waals surface area contributed by atoms with Crippen molar-refractivity contribution in [1.82, 2.24) is 0 Å². The summed E-state index contributed by atoms with van der Waals surface area (Å²) >= 11 is 5.63. The minimum atomic E-state index is -0.578. The van der Waals surface area contributed by atoms with Crippen molar-refractivity contribution in [2.75, 3.05) is 11.9 Å². The zero-order valence-electron chi connectivity index (χ0n) is 12.7. The van der Waals surface area contributed by atoms with Crippen LogP contribution >= 0.6 is 11.6 Å². The van der Waals surface area contributed by atoms with Crippen molar-refractivity contribution < 1.29 is 18.7 Å². The van der Waals surface area contributed by atoms with Gasteiger partial charge in [-0.15, -0.1) is 0 Å². The number of hydrogen-bond acceptors (Lipinski definition) is 3. The fourth-order valence-electron chi connectivity index (χ4n) is 1.94. The van der Waals surface area contributed by atoms with Crippen LogP contribution in [0.4, 0.5) is 10.1 Å². The molecule has 2 aromatic rings. The Morgan fingerprint density at radius 3 is 2.61 bits per heavy atom. The highest BCUT2D eigenvalue weighted by molar-refractivity contribution is 6.31. The number of anilines is 1. The maximum absolute atomic E-state index is 13.0. The molecule has 1 amide bonds. The smallest absolute Gasteiger partial charge is 0.338 e. The fourth-order valence-corrected chi connectivity index (χ4v) is 2.12. The molecule has 0 saturated carbocycles. The number of amides is 1. The number of hydrogen-bond donors (Lipinski definition) is 1. The van der Waals surface area contributed by atoms with E-state index in [1.807, 2.05) is 19.1 Å². The summed E-state index contributed by atoms with van der Waals surface area (Å²) in [5.74, 6) is -1.68. The molecule has 0 aliphatic heterocycles. The summed E-state index contributed by atoms with van der Waals surface area (Å²) in [4.78, 5) is 23.8. The minimum Gasteiger partial charge on any atom is -0.452 e. The summed E-state index contributed by atoms with van der Waals surface area (Å²) in [5.41, 5.74) is 2.44. The lowest BCUT2D eigenvalue weighted by Crippen LogP contribution is -2.21. The van der Waals surface area contributed by atoms with Gasteiger partial charge in [-0.2, -0.15) is 0 Å². The number of benzene rings is 2. The van der Waals surface area contributed by atoms with Crippen LogP contribution in [0.2, 0.25) is 5.02 Å². The van der Waals surface area contributed by atoms with Gasteiger partial charge in [0.25, 0.3) is 5.91 Å². The summed E-state index contributed by atoms with van der Waals surface area (Å²) in [6.07, 6.45) is 0. The van der Waals surface area contributed by atoms with E-state index in [1.165, 1.54) is 12.1 Å².